The van der Waals surface area contributed by atoms with E-state index in [1.165, 1.54) is 0 Å². The molecule has 0 saturated carbocycles. The van der Waals surface area contributed by atoms with Gasteiger partial charge in [0.2, 0.25) is 0 Å². The molecule has 0 spiro atoms. The van der Waals surface area contributed by atoms with Gasteiger partial charge in [-0.3, -0.25) is 4.79 Å². The fourth-order valence-electron chi connectivity index (χ4n) is 1.92. The highest BCUT2D eigenvalue weighted by molar-refractivity contribution is 5.97. The minimum atomic E-state index is -0.343. The van der Waals surface area contributed by atoms with Crippen molar-refractivity contribution < 1.29 is 4.79 Å². The number of nitrogens with two attached hydrogens (primary N) is 1. The topological polar surface area (TPSA) is 43.1 Å². The van der Waals surface area contributed by atoms with Gasteiger partial charge in [-0.15, -0.1) is 0 Å². The van der Waals surface area contributed by atoms with Gasteiger partial charge in [-0.2, -0.15) is 0 Å². The first kappa shape index (κ1) is 8.30. The van der Waals surface area contributed by atoms with Crippen LogP contribution in [0.2, 0.25) is 0 Å². The largest absolute Gasteiger partial charge is 0.398 e. The number of carbonyl (C=O) groups is 1. The third-order valence-electron chi connectivity index (χ3n) is 2.92. The second kappa shape index (κ2) is 2.34. The third kappa shape index (κ3) is 0.981. The molecule has 0 bridgehead atoms. The third-order valence-corrected chi connectivity index (χ3v) is 2.92. The molecule has 68 valence electrons. The molecular formula is C11H13NO. The molecule has 1 aliphatic rings. The average molecular weight is 175 g/mol. The van der Waals surface area contributed by atoms with Gasteiger partial charge in [0.1, 0.15) is 5.78 Å². The van der Waals surface area contributed by atoms with E-state index >= 15 is 0 Å². The Labute approximate surface area is 77.8 Å². The first-order valence-corrected chi connectivity index (χ1v) is 4.44. The van der Waals surface area contributed by atoms with E-state index in [1.807, 2.05) is 32.0 Å². The summed E-state index contributed by atoms with van der Waals surface area (Å²) in [7, 11) is 0. The first-order chi connectivity index (χ1) is 6.03. The summed E-state index contributed by atoms with van der Waals surface area (Å²) in [6.07, 6.45) is 0.495. The molecule has 0 fully saturated rings. The molecule has 1 aromatic rings. The Hall–Kier alpha value is -1.31. The Morgan fingerprint density at radius 1 is 1.38 bits per heavy atom. The molecule has 1 aromatic carbocycles. The summed E-state index contributed by atoms with van der Waals surface area (Å²) in [6, 6.07) is 5.76. The van der Waals surface area contributed by atoms with Gasteiger partial charge < -0.3 is 5.73 Å². The van der Waals surface area contributed by atoms with Crippen LogP contribution in [0.25, 0.3) is 0 Å². The van der Waals surface area contributed by atoms with E-state index in [-0.39, 0.29) is 11.2 Å². The van der Waals surface area contributed by atoms with Crippen molar-refractivity contribution in [3.63, 3.8) is 0 Å². The van der Waals surface area contributed by atoms with Crippen molar-refractivity contribution in [2.24, 2.45) is 0 Å². The van der Waals surface area contributed by atoms with Crippen molar-refractivity contribution in [1.82, 2.24) is 0 Å². The molecule has 1 aliphatic carbocycles. The van der Waals surface area contributed by atoms with Gasteiger partial charge in [0.15, 0.2) is 0 Å². The zero-order chi connectivity index (χ0) is 9.64. The average Bonchev–Trinajstić information content (AvgIpc) is 2.28. The van der Waals surface area contributed by atoms with Crippen LogP contribution in [0.1, 0.15) is 25.0 Å². The molecule has 0 heterocycles. The summed E-state index contributed by atoms with van der Waals surface area (Å²) in [5.74, 6) is 0.264. The van der Waals surface area contributed by atoms with Crippen LogP contribution < -0.4 is 5.73 Å². The minimum Gasteiger partial charge on any atom is -0.398 e. The Balaban J connectivity index is 2.68. The first-order valence-electron chi connectivity index (χ1n) is 4.44. The summed E-state index contributed by atoms with van der Waals surface area (Å²) in [5.41, 5.74) is 8.33. The van der Waals surface area contributed by atoms with Crippen LogP contribution in [-0.4, -0.2) is 5.78 Å². The van der Waals surface area contributed by atoms with Crippen LogP contribution in [0, 0.1) is 0 Å². The summed E-state index contributed by atoms with van der Waals surface area (Å²) in [4.78, 5) is 11.6. The second-order valence-corrected chi connectivity index (χ2v) is 4.10. The normalized spacial score (nSPS) is 18.8. The van der Waals surface area contributed by atoms with E-state index in [0.29, 0.717) is 6.42 Å². The second-order valence-electron chi connectivity index (χ2n) is 4.10. The molecule has 0 atom stereocenters. The van der Waals surface area contributed by atoms with Crippen LogP contribution in [0.3, 0.4) is 0 Å². The molecule has 2 N–H and O–H groups in total. The van der Waals surface area contributed by atoms with Crippen molar-refractivity contribution in [3.05, 3.63) is 29.3 Å². The van der Waals surface area contributed by atoms with Gasteiger partial charge in [-0.1, -0.05) is 12.1 Å². The summed E-state index contributed by atoms with van der Waals surface area (Å²) in [5, 5.41) is 0. The van der Waals surface area contributed by atoms with Gasteiger partial charge in [0.05, 0.1) is 0 Å². The molecule has 0 aromatic heterocycles. The lowest BCUT2D eigenvalue weighted by Crippen LogP contribution is -2.23. The van der Waals surface area contributed by atoms with Gasteiger partial charge in [0.25, 0.3) is 0 Å². The SMILES string of the molecule is CC1(C)C(=O)Cc2c(N)cccc21. The molecule has 2 heteroatoms. The zero-order valence-electron chi connectivity index (χ0n) is 7.92. The molecular weight excluding hydrogens is 162 g/mol. The van der Waals surface area contributed by atoms with Crippen molar-refractivity contribution in [2.45, 2.75) is 25.7 Å². The van der Waals surface area contributed by atoms with E-state index in [4.69, 9.17) is 5.73 Å². The molecule has 0 aliphatic heterocycles. The van der Waals surface area contributed by atoms with Crippen molar-refractivity contribution >= 4 is 11.5 Å². The van der Waals surface area contributed by atoms with E-state index in [1.54, 1.807) is 0 Å². The maximum atomic E-state index is 11.6. The number of ketones is 1. The molecule has 0 radical (unpaired) electrons. The Morgan fingerprint density at radius 2 is 2.08 bits per heavy atom. The summed E-state index contributed by atoms with van der Waals surface area (Å²) in [6.45, 7) is 3.92. The van der Waals surface area contributed by atoms with E-state index in [2.05, 4.69) is 0 Å². The van der Waals surface area contributed by atoms with Gasteiger partial charge >= 0.3 is 0 Å². The van der Waals surface area contributed by atoms with E-state index in [0.717, 1.165) is 16.8 Å². The number of rotatable bonds is 0. The minimum absolute atomic E-state index is 0.264. The monoisotopic (exact) mass is 175 g/mol. The molecule has 0 saturated heterocycles. The number of fused-ring (bicyclic) bond motifs is 1. The standard InChI is InChI=1S/C11H13NO/c1-11(2)8-4-3-5-9(12)7(8)6-10(11)13/h3-5H,6,12H2,1-2H3. The number of benzene rings is 1. The lowest BCUT2D eigenvalue weighted by molar-refractivity contribution is -0.121. The maximum Gasteiger partial charge on any atom is 0.147 e. The van der Waals surface area contributed by atoms with Crippen molar-refractivity contribution in [3.8, 4) is 0 Å². The van der Waals surface area contributed by atoms with E-state index in [9.17, 15) is 4.79 Å². The zero-order valence-corrected chi connectivity index (χ0v) is 7.92. The number of anilines is 1. The predicted molar refractivity (Wildman–Crippen MR) is 52.6 cm³/mol. The highest BCUT2D eigenvalue weighted by Crippen LogP contribution is 2.37. The van der Waals surface area contributed by atoms with Gasteiger partial charge in [0, 0.05) is 17.5 Å². The predicted octanol–water partition coefficient (Wildman–Crippen LogP) is 1.67. The van der Waals surface area contributed by atoms with Crippen LogP contribution in [-0.2, 0) is 16.6 Å². The van der Waals surface area contributed by atoms with Crippen LogP contribution in [0.5, 0.6) is 0 Å². The molecule has 2 rings (SSSR count). The van der Waals surface area contributed by atoms with Gasteiger partial charge in [-0.25, -0.2) is 0 Å². The fraction of sp³-hybridized carbons (Fsp3) is 0.364. The maximum absolute atomic E-state index is 11.6. The molecule has 13 heavy (non-hydrogen) atoms. The summed E-state index contributed by atoms with van der Waals surface area (Å²) >= 11 is 0. The van der Waals surface area contributed by atoms with Crippen molar-refractivity contribution in [2.75, 3.05) is 5.73 Å². The molecule has 0 amide bonds. The van der Waals surface area contributed by atoms with Gasteiger partial charge in [-0.05, 0) is 31.0 Å². The highest BCUT2D eigenvalue weighted by Gasteiger charge is 2.38. The van der Waals surface area contributed by atoms with E-state index < -0.39 is 0 Å². The summed E-state index contributed by atoms with van der Waals surface area (Å²) < 4.78 is 0. The number of hydrogen-bond acceptors (Lipinski definition) is 2. The lowest BCUT2D eigenvalue weighted by atomic mass is 9.86. The Morgan fingerprint density at radius 3 is 2.69 bits per heavy atom. The molecule has 2 nitrogen and oxygen atoms in total. The Kier molecular flexibility index (Phi) is 1.50. The van der Waals surface area contributed by atoms with Crippen LogP contribution in [0.4, 0.5) is 5.69 Å². The lowest BCUT2D eigenvalue weighted by Gasteiger charge is -2.16. The van der Waals surface area contributed by atoms with Crippen LogP contribution in [0.15, 0.2) is 18.2 Å². The molecule has 0 unspecified atom stereocenters. The fourth-order valence-corrected chi connectivity index (χ4v) is 1.92. The van der Waals surface area contributed by atoms with Crippen LogP contribution >= 0.6 is 0 Å². The number of Topliss-reactive ketones (excluding diaryl/α,β-unsaturated/α-hetero) is 1. The number of nitrogen functional groups attached to an aromatic ring is 1. The Bertz CT molecular complexity index is 380. The number of hydrogen-bond donors (Lipinski definition) is 1. The smallest absolute Gasteiger partial charge is 0.147 e. The van der Waals surface area contributed by atoms with Crippen molar-refractivity contribution in [1.29, 1.82) is 0 Å². The quantitative estimate of drug-likeness (QED) is 0.609. The number of carbonyl (C=O) groups excluding carboxylic acids is 1. The highest BCUT2D eigenvalue weighted by atomic mass is 16.1.